The van der Waals surface area contributed by atoms with Gasteiger partial charge in [-0.1, -0.05) is 22.0 Å². The molecule has 0 saturated carbocycles. The van der Waals surface area contributed by atoms with Crippen LogP contribution in [-0.4, -0.2) is 30.0 Å². The fraction of sp³-hybridized carbons (Fsp3) is 0.562. The van der Waals surface area contributed by atoms with Crippen LogP contribution in [0.25, 0.3) is 0 Å². The maximum Gasteiger partial charge on any atom is 0.408 e. The number of hydrogen-bond donors (Lipinski definition) is 2. The molecule has 1 atom stereocenters. The molecule has 0 spiro atoms. The van der Waals surface area contributed by atoms with Crippen LogP contribution in [0.4, 0.5) is 4.79 Å². The first kappa shape index (κ1) is 18.8. The number of benzene rings is 1. The van der Waals surface area contributed by atoms with E-state index >= 15 is 0 Å². The van der Waals surface area contributed by atoms with Gasteiger partial charge in [0.15, 0.2) is 0 Å². The SMILES string of the molecule is CC(NC(=O)OC(C)(C)C)c1ccc(Br)cc1OCCCO. The number of alkyl carbamates (subject to hydrolysis) is 1. The Bertz CT molecular complexity index is 499. The second kappa shape index (κ2) is 8.39. The molecule has 0 fully saturated rings. The van der Waals surface area contributed by atoms with Crippen LogP contribution in [0.15, 0.2) is 22.7 Å². The van der Waals surface area contributed by atoms with Crippen molar-refractivity contribution in [2.24, 2.45) is 0 Å². The third kappa shape index (κ3) is 6.66. The highest BCUT2D eigenvalue weighted by Gasteiger charge is 2.20. The van der Waals surface area contributed by atoms with Gasteiger partial charge in [0.1, 0.15) is 11.4 Å². The Morgan fingerprint density at radius 3 is 2.68 bits per heavy atom. The minimum Gasteiger partial charge on any atom is -0.493 e. The summed E-state index contributed by atoms with van der Waals surface area (Å²) in [5, 5.41) is 11.6. The van der Waals surface area contributed by atoms with Crippen molar-refractivity contribution in [3.05, 3.63) is 28.2 Å². The summed E-state index contributed by atoms with van der Waals surface area (Å²) in [5.74, 6) is 0.673. The first-order valence-electron chi connectivity index (χ1n) is 7.25. The molecule has 0 aromatic heterocycles. The van der Waals surface area contributed by atoms with Crippen molar-refractivity contribution >= 4 is 22.0 Å². The summed E-state index contributed by atoms with van der Waals surface area (Å²) in [6, 6.07) is 5.37. The van der Waals surface area contributed by atoms with Crippen molar-refractivity contribution in [2.45, 2.75) is 45.8 Å². The number of carbonyl (C=O) groups is 1. The first-order chi connectivity index (χ1) is 10.2. The molecule has 0 aliphatic rings. The van der Waals surface area contributed by atoms with E-state index in [0.717, 1.165) is 10.0 Å². The van der Waals surface area contributed by atoms with Crippen molar-refractivity contribution in [3.63, 3.8) is 0 Å². The average molecular weight is 374 g/mol. The molecule has 0 radical (unpaired) electrons. The minimum absolute atomic E-state index is 0.0784. The smallest absolute Gasteiger partial charge is 0.408 e. The van der Waals surface area contributed by atoms with Crippen LogP contribution in [0.5, 0.6) is 5.75 Å². The molecular formula is C16H24BrNO4. The Balaban J connectivity index is 2.79. The van der Waals surface area contributed by atoms with Gasteiger partial charge in [-0.05, 0) is 39.8 Å². The third-order valence-electron chi connectivity index (χ3n) is 2.74. The van der Waals surface area contributed by atoms with Gasteiger partial charge in [-0.3, -0.25) is 0 Å². The molecule has 0 aliphatic heterocycles. The van der Waals surface area contributed by atoms with E-state index in [4.69, 9.17) is 14.6 Å². The monoisotopic (exact) mass is 373 g/mol. The van der Waals surface area contributed by atoms with Crippen LogP contribution in [0.3, 0.4) is 0 Å². The van der Waals surface area contributed by atoms with Gasteiger partial charge < -0.3 is 19.9 Å². The molecule has 124 valence electrons. The van der Waals surface area contributed by atoms with E-state index < -0.39 is 11.7 Å². The molecule has 1 rings (SSSR count). The molecule has 2 N–H and O–H groups in total. The predicted molar refractivity (Wildman–Crippen MR) is 89.1 cm³/mol. The Hall–Kier alpha value is -1.27. The highest BCUT2D eigenvalue weighted by Crippen LogP contribution is 2.29. The average Bonchev–Trinajstić information content (AvgIpc) is 2.36. The van der Waals surface area contributed by atoms with Crippen LogP contribution in [0.1, 0.15) is 45.7 Å². The Kier molecular flexibility index (Phi) is 7.16. The van der Waals surface area contributed by atoms with E-state index in [1.165, 1.54) is 0 Å². The van der Waals surface area contributed by atoms with Gasteiger partial charge in [0.2, 0.25) is 0 Å². The van der Waals surface area contributed by atoms with E-state index in [1.807, 2.05) is 45.9 Å². The molecule has 0 saturated heterocycles. The number of nitrogens with one attached hydrogen (secondary N) is 1. The molecule has 0 heterocycles. The highest BCUT2D eigenvalue weighted by atomic mass is 79.9. The van der Waals surface area contributed by atoms with Gasteiger partial charge in [-0.2, -0.15) is 0 Å². The number of aliphatic hydroxyl groups excluding tert-OH is 1. The van der Waals surface area contributed by atoms with Gasteiger partial charge in [-0.15, -0.1) is 0 Å². The molecule has 5 nitrogen and oxygen atoms in total. The molecule has 1 aromatic rings. The number of ether oxygens (including phenoxy) is 2. The number of carbonyl (C=O) groups excluding carboxylic acids is 1. The maximum absolute atomic E-state index is 11.9. The number of amides is 1. The van der Waals surface area contributed by atoms with Crippen LogP contribution in [-0.2, 0) is 4.74 Å². The molecule has 1 unspecified atom stereocenters. The van der Waals surface area contributed by atoms with Gasteiger partial charge >= 0.3 is 6.09 Å². The van der Waals surface area contributed by atoms with E-state index in [2.05, 4.69) is 21.2 Å². The lowest BCUT2D eigenvalue weighted by Crippen LogP contribution is -2.34. The fourth-order valence-corrected chi connectivity index (χ4v) is 2.14. The van der Waals surface area contributed by atoms with Crippen molar-refractivity contribution in [1.29, 1.82) is 0 Å². The summed E-state index contributed by atoms with van der Waals surface area (Å²) >= 11 is 3.40. The number of rotatable bonds is 6. The number of halogens is 1. The summed E-state index contributed by atoms with van der Waals surface area (Å²) < 4.78 is 11.8. The zero-order chi connectivity index (χ0) is 16.8. The second-order valence-corrected chi connectivity index (χ2v) is 6.89. The zero-order valence-corrected chi connectivity index (χ0v) is 15.1. The minimum atomic E-state index is -0.538. The summed E-state index contributed by atoms with van der Waals surface area (Å²) in [6.45, 7) is 7.82. The fourth-order valence-electron chi connectivity index (χ4n) is 1.80. The summed E-state index contributed by atoms with van der Waals surface area (Å²) in [4.78, 5) is 11.9. The normalized spacial score (nSPS) is 12.6. The molecule has 1 amide bonds. The van der Waals surface area contributed by atoms with Gasteiger partial charge in [0.25, 0.3) is 0 Å². The third-order valence-corrected chi connectivity index (χ3v) is 3.23. The quantitative estimate of drug-likeness (QED) is 0.744. The number of aliphatic hydroxyl groups is 1. The molecule has 0 bridgehead atoms. The molecule has 1 aromatic carbocycles. The zero-order valence-electron chi connectivity index (χ0n) is 13.5. The van der Waals surface area contributed by atoms with Gasteiger partial charge in [0, 0.05) is 23.1 Å². The van der Waals surface area contributed by atoms with Crippen LogP contribution in [0.2, 0.25) is 0 Å². The lowest BCUT2D eigenvalue weighted by molar-refractivity contribution is 0.0507. The second-order valence-electron chi connectivity index (χ2n) is 5.98. The van der Waals surface area contributed by atoms with Gasteiger partial charge in [0.05, 0.1) is 12.6 Å². The van der Waals surface area contributed by atoms with Gasteiger partial charge in [-0.25, -0.2) is 4.79 Å². The topological polar surface area (TPSA) is 67.8 Å². The summed E-state index contributed by atoms with van der Waals surface area (Å²) in [6.07, 6.45) is 0.0871. The predicted octanol–water partition coefficient (Wildman–Crippen LogP) is 3.80. The largest absolute Gasteiger partial charge is 0.493 e. The molecule has 6 heteroatoms. The molecule has 22 heavy (non-hydrogen) atoms. The van der Waals surface area contributed by atoms with Crippen LogP contribution in [0, 0.1) is 0 Å². The number of hydrogen-bond acceptors (Lipinski definition) is 4. The van der Waals surface area contributed by atoms with E-state index in [9.17, 15) is 4.79 Å². The molecule has 0 aliphatic carbocycles. The van der Waals surface area contributed by atoms with Crippen LogP contribution >= 0.6 is 15.9 Å². The van der Waals surface area contributed by atoms with Crippen molar-refractivity contribution in [1.82, 2.24) is 5.32 Å². The van der Waals surface area contributed by atoms with Crippen LogP contribution < -0.4 is 10.1 Å². The standard InChI is InChI=1S/C16H24BrNO4/c1-11(18-15(20)22-16(2,3)4)13-7-6-12(17)10-14(13)21-9-5-8-19/h6-7,10-11,19H,5,8-9H2,1-4H3,(H,18,20). The Labute approximate surface area is 140 Å². The first-order valence-corrected chi connectivity index (χ1v) is 8.05. The highest BCUT2D eigenvalue weighted by molar-refractivity contribution is 9.10. The molecular weight excluding hydrogens is 350 g/mol. The summed E-state index contributed by atoms with van der Waals surface area (Å²) in [5.41, 5.74) is 0.316. The maximum atomic E-state index is 11.9. The lowest BCUT2D eigenvalue weighted by atomic mass is 10.1. The van der Waals surface area contributed by atoms with Crippen molar-refractivity contribution < 1.29 is 19.4 Å². The Morgan fingerprint density at radius 1 is 1.41 bits per heavy atom. The van der Waals surface area contributed by atoms with E-state index in [-0.39, 0.29) is 12.6 Å². The lowest BCUT2D eigenvalue weighted by Gasteiger charge is -2.23. The summed E-state index contributed by atoms with van der Waals surface area (Å²) in [7, 11) is 0. The van der Waals surface area contributed by atoms with E-state index in [0.29, 0.717) is 18.8 Å². The van der Waals surface area contributed by atoms with Crippen molar-refractivity contribution in [2.75, 3.05) is 13.2 Å². The Morgan fingerprint density at radius 2 is 2.09 bits per heavy atom. The van der Waals surface area contributed by atoms with Crippen molar-refractivity contribution in [3.8, 4) is 5.75 Å². The van der Waals surface area contributed by atoms with E-state index in [1.54, 1.807) is 0 Å².